The first-order chi connectivity index (χ1) is 43.7. The molecule has 19 aromatic rings. The summed E-state index contributed by atoms with van der Waals surface area (Å²) in [5.74, 6) is 0. The van der Waals surface area contributed by atoms with Crippen molar-refractivity contribution in [2.75, 3.05) is 0 Å². The lowest BCUT2D eigenvalue weighted by molar-refractivity contribution is 1.16. The molecule has 0 aliphatic heterocycles. The van der Waals surface area contributed by atoms with E-state index in [9.17, 15) is 0 Å². The summed E-state index contributed by atoms with van der Waals surface area (Å²) >= 11 is 0. The standard InChI is InChI=1S/C84H50N4/c1-2-22-58-57(21-1)61-41-37-51(87-81-35-17-11-29-67(81)75-47-53(39-43-83(75)87)85-77-31-13-7-25-63(77)64-26-8-14-32-78(64)85)45-69(61)73-49-71-59-23-5-3-19-55(59)56-20-4-6-24-60(56)72(71)50-74(73)70-46-52(38-42-62(58)70)88-82-36-18-12-30-68(82)76-48-54(40-44-84(76)88)86-79-33-15-9-27-65(79)66-28-10-16-34-80(66)86/h1-50H. The molecule has 1 aliphatic carbocycles. The number of fused-ring (bicyclic) bond motifs is 26. The first kappa shape index (κ1) is 47.6. The van der Waals surface area contributed by atoms with Crippen molar-refractivity contribution in [3.05, 3.63) is 303 Å². The van der Waals surface area contributed by atoms with Gasteiger partial charge in [-0.25, -0.2) is 0 Å². The minimum Gasteiger partial charge on any atom is -0.309 e. The molecule has 0 spiro atoms. The molecule has 0 atom stereocenters. The summed E-state index contributed by atoms with van der Waals surface area (Å²) in [5, 5.41) is 17.4. The maximum atomic E-state index is 2.53. The van der Waals surface area contributed by atoms with E-state index in [2.05, 4.69) is 322 Å². The molecule has 0 saturated carbocycles. The van der Waals surface area contributed by atoms with Crippen LogP contribution in [-0.4, -0.2) is 18.3 Å². The van der Waals surface area contributed by atoms with Crippen LogP contribution in [-0.2, 0) is 0 Å². The summed E-state index contributed by atoms with van der Waals surface area (Å²) in [6.45, 7) is 0. The average molecular weight is 1120 g/mol. The molecule has 4 heteroatoms. The summed E-state index contributed by atoms with van der Waals surface area (Å²) in [4.78, 5) is 0. The van der Waals surface area contributed by atoms with E-state index in [1.54, 1.807) is 0 Å². The molecule has 1 aliphatic rings. The molecule has 0 N–H and O–H groups in total. The number of hydrogen-bond acceptors (Lipinski definition) is 0. The fraction of sp³-hybridized carbons (Fsp3) is 0. The van der Waals surface area contributed by atoms with Crippen LogP contribution < -0.4 is 0 Å². The second-order valence-electron chi connectivity index (χ2n) is 23.9. The van der Waals surface area contributed by atoms with E-state index < -0.39 is 0 Å². The molecule has 88 heavy (non-hydrogen) atoms. The van der Waals surface area contributed by atoms with Gasteiger partial charge < -0.3 is 18.3 Å². The summed E-state index contributed by atoms with van der Waals surface area (Å²) < 4.78 is 9.86. The molecule has 0 saturated heterocycles. The Hall–Kier alpha value is -11.7. The SMILES string of the molecule is c1ccc2c(c1)-c1ccc(-n3c4ccccc4c4cc(-n5c6ccccc6c6ccccc65)ccc43)cc1-c1cc3c4ccccc4c4ccccc4c3cc1-c1cc(-n3c4ccccc4c4cc(-n5c6ccccc6c6ccccc65)ccc43)ccc1-2. The Labute approximate surface area is 505 Å². The number of rotatable bonds is 4. The fourth-order valence-corrected chi connectivity index (χ4v) is 15.8. The Morgan fingerprint density at radius 3 is 0.670 bits per heavy atom. The van der Waals surface area contributed by atoms with Crippen molar-refractivity contribution in [3.8, 4) is 67.3 Å². The monoisotopic (exact) mass is 1110 g/mol. The van der Waals surface area contributed by atoms with Gasteiger partial charge in [-0.15, -0.1) is 0 Å². The molecular formula is C84H50N4. The second kappa shape index (κ2) is 17.9. The van der Waals surface area contributed by atoms with Gasteiger partial charge in [0.15, 0.2) is 0 Å². The zero-order valence-corrected chi connectivity index (χ0v) is 47.7. The smallest absolute Gasteiger partial charge is 0.0542 e. The summed E-state index contributed by atoms with van der Waals surface area (Å²) in [7, 11) is 0. The highest BCUT2D eigenvalue weighted by Gasteiger charge is 2.27. The van der Waals surface area contributed by atoms with Crippen LogP contribution >= 0.6 is 0 Å². The van der Waals surface area contributed by atoms with Crippen LogP contribution in [0.3, 0.4) is 0 Å². The molecule has 4 nitrogen and oxygen atoms in total. The van der Waals surface area contributed by atoms with E-state index in [0.29, 0.717) is 0 Å². The fourth-order valence-electron chi connectivity index (χ4n) is 15.8. The molecule has 0 unspecified atom stereocenters. The van der Waals surface area contributed by atoms with E-state index in [-0.39, 0.29) is 0 Å². The van der Waals surface area contributed by atoms with Gasteiger partial charge in [-0.05, 0) is 186 Å². The zero-order valence-electron chi connectivity index (χ0n) is 47.7. The Morgan fingerprint density at radius 1 is 0.125 bits per heavy atom. The number of nitrogens with zero attached hydrogens (tertiary/aromatic N) is 4. The van der Waals surface area contributed by atoms with Gasteiger partial charge in [-0.3, -0.25) is 0 Å². The van der Waals surface area contributed by atoms with Crippen molar-refractivity contribution in [2.45, 2.75) is 0 Å². The van der Waals surface area contributed by atoms with Crippen molar-refractivity contribution in [1.29, 1.82) is 0 Å². The molecule has 0 radical (unpaired) electrons. The molecule has 4 aromatic heterocycles. The maximum absolute atomic E-state index is 2.53. The van der Waals surface area contributed by atoms with Crippen LogP contribution in [0.2, 0.25) is 0 Å². The van der Waals surface area contributed by atoms with Crippen LogP contribution in [0.1, 0.15) is 0 Å². The van der Waals surface area contributed by atoms with Crippen LogP contribution in [0.15, 0.2) is 303 Å². The van der Waals surface area contributed by atoms with Gasteiger partial charge in [0.25, 0.3) is 0 Å². The summed E-state index contributed by atoms with van der Waals surface area (Å²) in [5.41, 5.74) is 23.6. The van der Waals surface area contributed by atoms with Crippen LogP contribution in [0.25, 0.3) is 187 Å². The second-order valence-corrected chi connectivity index (χ2v) is 23.9. The van der Waals surface area contributed by atoms with Gasteiger partial charge in [-0.1, -0.05) is 194 Å². The Kier molecular flexibility index (Phi) is 9.69. The number of hydrogen-bond donors (Lipinski definition) is 0. The minimum absolute atomic E-state index is 1.11. The number of benzene rings is 15. The van der Waals surface area contributed by atoms with E-state index in [1.165, 1.54) is 153 Å². The minimum atomic E-state index is 1.11. The maximum Gasteiger partial charge on any atom is 0.0542 e. The van der Waals surface area contributed by atoms with E-state index in [1.807, 2.05) is 0 Å². The lowest BCUT2D eigenvalue weighted by Crippen LogP contribution is -2.02. The number of para-hydroxylation sites is 6. The van der Waals surface area contributed by atoms with E-state index in [4.69, 9.17) is 0 Å². The molecule has 0 bridgehead atoms. The topological polar surface area (TPSA) is 19.7 Å². The molecule has 0 amide bonds. The third-order valence-corrected chi connectivity index (χ3v) is 19.5. The lowest BCUT2D eigenvalue weighted by Gasteiger charge is -2.26. The van der Waals surface area contributed by atoms with E-state index >= 15 is 0 Å². The van der Waals surface area contributed by atoms with Gasteiger partial charge in [-0.2, -0.15) is 0 Å². The Bertz CT molecular complexity index is 5770. The molecule has 406 valence electrons. The van der Waals surface area contributed by atoms with Gasteiger partial charge in [0.2, 0.25) is 0 Å². The average Bonchev–Trinajstić information content (AvgIpc) is 2.52. The van der Waals surface area contributed by atoms with E-state index in [0.717, 1.165) is 33.8 Å². The summed E-state index contributed by atoms with van der Waals surface area (Å²) in [6.07, 6.45) is 0. The molecular weight excluding hydrogens is 1060 g/mol. The molecule has 15 aromatic carbocycles. The zero-order chi connectivity index (χ0) is 57.3. The third-order valence-electron chi connectivity index (χ3n) is 19.5. The first-order valence-electron chi connectivity index (χ1n) is 30.5. The summed E-state index contributed by atoms with van der Waals surface area (Å²) in [6, 6.07) is 114. The quantitative estimate of drug-likeness (QED) is 0.157. The Balaban J connectivity index is 0.847. The van der Waals surface area contributed by atoms with Gasteiger partial charge in [0.1, 0.15) is 0 Å². The molecule has 4 heterocycles. The largest absolute Gasteiger partial charge is 0.309 e. The highest BCUT2D eigenvalue weighted by atomic mass is 15.0. The molecule has 0 fully saturated rings. The van der Waals surface area contributed by atoms with Crippen LogP contribution in [0.5, 0.6) is 0 Å². The van der Waals surface area contributed by atoms with Crippen LogP contribution in [0.4, 0.5) is 0 Å². The van der Waals surface area contributed by atoms with Crippen molar-refractivity contribution < 1.29 is 0 Å². The van der Waals surface area contributed by atoms with Crippen molar-refractivity contribution in [2.24, 2.45) is 0 Å². The third kappa shape index (κ3) is 6.52. The van der Waals surface area contributed by atoms with Crippen molar-refractivity contribution >= 4 is 120 Å². The van der Waals surface area contributed by atoms with Crippen molar-refractivity contribution in [3.63, 3.8) is 0 Å². The van der Waals surface area contributed by atoms with Crippen molar-refractivity contribution in [1.82, 2.24) is 18.3 Å². The highest BCUT2D eigenvalue weighted by Crippen LogP contribution is 2.52. The van der Waals surface area contributed by atoms with Gasteiger partial charge in [0.05, 0.1) is 44.1 Å². The van der Waals surface area contributed by atoms with Crippen LogP contribution in [0, 0.1) is 0 Å². The first-order valence-corrected chi connectivity index (χ1v) is 30.5. The van der Waals surface area contributed by atoms with Gasteiger partial charge >= 0.3 is 0 Å². The predicted octanol–water partition coefficient (Wildman–Crippen LogP) is 22.5. The molecule has 20 rings (SSSR count). The van der Waals surface area contributed by atoms with Gasteiger partial charge in [0, 0.05) is 65.8 Å². The predicted molar refractivity (Wildman–Crippen MR) is 372 cm³/mol. The normalized spacial score (nSPS) is 12.3. The lowest BCUT2D eigenvalue weighted by atomic mass is 9.79. The highest BCUT2D eigenvalue weighted by molar-refractivity contribution is 6.27. The number of aromatic nitrogens is 4. The Morgan fingerprint density at radius 2 is 0.341 bits per heavy atom.